The second-order valence-corrected chi connectivity index (χ2v) is 6.32. The highest BCUT2D eigenvalue weighted by Gasteiger charge is 2.15. The molecule has 0 aliphatic rings. The molecule has 0 heterocycles. The van der Waals surface area contributed by atoms with Gasteiger partial charge in [-0.25, -0.2) is 5.43 Å². The van der Waals surface area contributed by atoms with Gasteiger partial charge in [-0.2, -0.15) is 5.10 Å². The number of carbonyl (C=O) groups is 1. The number of benzene rings is 2. The highest BCUT2D eigenvalue weighted by atomic mass is 79.9. The zero-order valence-electron chi connectivity index (χ0n) is 13.8. The smallest absolute Gasteiger partial charge is 0.273 e. The molecule has 0 atom stereocenters. The fraction of sp³-hybridized carbons (Fsp3) is 0.176. The maximum absolute atomic E-state index is 11.9. The third kappa shape index (κ3) is 5.12. The second kappa shape index (κ2) is 8.39. The van der Waals surface area contributed by atoms with Crippen molar-refractivity contribution >= 4 is 39.4 Å². The van der Waals surface area contributed by atoms with Gasteiger partial charge in [0.2, 0.25) is 5.91 Å². The molecule has 1 amide bonds. The number of para-hydroxylation sites is 1. The van der Waals surface area contributed by atoms with Gasteiger partial charge in [0.1, 0.15) is 0 Å². The topological polar surface area (TPSA) is 87.8 Å². The third-order valence-corrected chi connectivity index (χ3v) is 4.03. The molecular weight excluding hydrogens is 388 g/mol. The number of rotatable bonds is 6. The lowest BCUT2D eigenvalue weighted by Gasteiger charge is -2.14. The van der Waals surface area contributed by atoms with Gasteiger partial charge in [-0.05, 0) is 33.6 Å². The van der Waals surface area contributed by atoms with Gasteiger partial charge in [0, 0.05) is 30.2 Å². The van der Waals surface area contributed by atoms with Crippen molar-refractivity contribution < 1.29 is 9.72 Å². The van der Waals surface area contributed by atoms with Gasteiger partial charge in [0.05, 0.1) is 23.2 Å². The molecule has 0 aliphatic carbocycles. The summed E-state index contributed by atoms with van der Waals surface area (Å²) in [4.78, 5) is 24.3. The second-order valence-electron chi connectivity index (χ2n) is 5.46. The van der Waals surface area contributed by atoms with Crippen molar-refractivity contribution in [3.8, 4) is 0 Å². The molecule has 8 heteroatoms. The number of hydrogen-bond acceptors (Lipinski definition) is 5. The highest BCUT2D eigenvalue weighted by Crippen LogP contribution is 2.25. The normalized spacial score (nSPS) is 10.7. The van der Waals surface area contributed by atoms with Crippen molar-refractivity contribution in [2.75, 3.05) is 19.0 Å². The molecule has 0 spiro atoms. The summed E-state index contributed by atoms with van der Waals surface area (Å²) in [7, 11) is 3.88. The van der Waals surface area contributed by atoms with Gasteiger partial charge in [-0.15, -0.1) is 0 Å². The average molecular weight is 405 g/mol. The lowest BCUT2D eigenvalue weighted by molar-refractivity contribution is -0.385. The Morgan fingerprint density at radius 1 is 1.32 bits per heavy atom. The van der Waals surface area contributed by atoms with Crippen molar-refractivity contribution in [3.63, 3.8) is 0 Å². The standard InChI is InChI=1S/C17H17BrN4O3/c1-21(2)16-8-7-12(9-14(16)18)11-19-20-17(23)10-13-5-3-4-6-15(13)22(24)25/h3-9,11H,10H2,1-2H3,(H,20,23)/b19-11+. The molecule has 2 aromatic carbocycles. The molecule has 25 heavy (non-hydrogen) atoms. The van der Waals surface area contributed by atoms with E-state index >= 15 is 0 Å². The van der Waals surface area contributed by atoms with Crippen LogP contribution in [0.25, 0.3) is 0 Å². The van der Waals surface area contributed by atoms with E-state index in [2.05, 4.69) is 26.5 Å². The Labute approximate surface area is 153 Å². The molecule has 0 saturated carbocycles. The van der Waals surface area contributed by atoms with Crippen LogP contribution in [0.3, 0.4) is 0 Å². The fourth-order valence-corrected chi connectivity index (χ4v) is 2.95. The SMILES string of the molecule is CN(C)c1ccc(/C=N/NC(=O)Cc2ccccc2[N+](=O)[O-])cc1Br. The summed E-state index contributed by atoms with van der Waals surface area (Å²) in [6.45, 7) is 0. The van der Waals surface area contributed by atoms with E-state index in [1.165, 1.54) is 12.3 Å². The molecular formula is C17H17BrN4O3. The molecule has 130 valence electrons. The largest absolute Gasteiger partial charge is 0.377 e. The third-order valence-electron chi connectivity index (χ3n) is 3.40. The zero-order valence-corrected chi connectivity index (χ0v) is 15.4. The van der Waals surface area contributed by atoms with Crippen molar-refractivity contribution in [1.82, 2.24) is 5.43 Å². The Kier molecular flexibility index (Phi) is 6.24. The van der Waals surface area contributed by atoms with Crippen LogP contribution in [-0.4, -0.2) is 31.1 Å². The molecule has 0 bridgehead atoms. The number of hydrogen-bond donors (Lipinski definition) is 1. The maximum Gasteiger partial charge on any atom is 0.273 e. The van der Waals surface area contributed by atoms with E-state index in [4.69, 9.17) is 0 Å². The zero-order chi connectivity index (χ0) is 18.4. The summed E-state index contributed by atoms with van der Waals surface area (Å²) in [6, 6.07) is 11.8. The minimum absolute atomic E-state index is 0.0789. The molecule has 0 aliphatic heterocycles. The van der Waals surface area contributed by atoms with Crippen LogP contribution in [0.15, 0.2) is 52.0 Å². The van der Waals surface area contributed by atoms with Crippen LogP contribution in [-0.2, 0) is 11.2 Å². The van der Waals surface area contributed by atoms with Crippen molar-refractivity contribution in [1.29, 1.82) is 0 Å². The van der Waals surface area contributed by atoms with Crippen LogP contribution >= 0.6 is 15.9 Å². The summed E-state index contributed by atoms with van der Waals surface area (Å²) < 4.78 is 0.910. The summed E-state index contributed by atoms with van der Waals surface area (Å²) in [5, 5.41) is 14.8. The molecule has 1 N–H and O–H groups in total. The number of nitrogens with one attached hydrogen (secondary N) is 1. The number of hydrazone groups is 1. The summed E-state index contributed by atoms with van der Waals surface area (Å²) in [5.74, 6) is -0.422. The number of nitro groups is 1. The van der Waals surface area contributed by atoms with Crippen LogP contribution in [0.2, 0.25) is 0 Å². The van der Waals surface area contributed by atoms with Crippen LogP contribution in [0, 0.1) is 10.1 Å². The van der Waals surface area contributed by atoms with E-state index in [0.717, 1.165) is 15.7 Å². The Morgan fingerprint density at radius 3 is 2.68 bits per heavy atom. The van der Waals surface area contributed by atoms with Gasteiger partial charge in [0.25, 0.3) is 5.69 Å². The van der Waals surface area contributed by atoms with E-state index in [9.17, 15) is 14.9 Å². The van der Waals surface area contributed by atoms with Crippen LogP contribution in [0.5, 0.6) is 0 Å². The Hall–Kier alpha value is -2.74. The van der Waals surface area contributed by atoms with Gasteiger partial charge >= 0.3 is 0 Å². The maximum atomic E-state index is 11.9. The quantitative estimate of drug-likeness (QED) is 0.455. The minimum Gasteiger partial charge on any atom is -0.377 e. The molecule has 0 unspecified atom stereocenters. The summed E-state index contributed by atoms with van der Waals surface area (Å²) in [6.07, 6.45) is 1.40. The fourth-order valence-electron chi connectivity index (χ4n) is 2.20. The van der Waals surface area contributed by atoms with Crippen LogP contribution < -0.4 is 10.3 Å². The van der Waals surface area contributed by atoms with Crippen molar-refractivity contribution in [3.05, 3.63) is 68.2 Å². The van der Waals surface area contributed by atoms with Crippen molar-refractivity contribution in [2.24, 2.45) is 5.10 Å². The summed E-state index contributed by atoms with van der Waals surface area (Å²) in [5.41, 5.74) is 4.49. The monoisotopic (exact) mass is 404 g/mol. The van der Waals surface area contributed by atoms with Gasteiger partial charge in [-0.1, -0.05) is 24.3 Å². The molecule has 0 saturated heterocycles. The Morgan fingerprint density at radius 2 is 2.04 bits per heavy atom. The first-order valence-electron chi connectivity index (χ1n) is 7.39. The first-order chi connectivity index (χ1) is 11.9. The van der Waals surface area contributed by atoms with Gasteiger partial charge in [0.15, 0.2) is 0 Å². The Balaban J connectivity index is 2.00. The average Bonchev–Trinajstić information content (AvgIpc) is 2.54. The van der Waals surface area contributed by atoms with E-state index in [1.807, 2.05) is 37.2 Å². The number of nitro benzene ring substituents is 1. The van der Waals surface area contributed by atoms with Crippen molar-refractivity contribution in [2.45, 2.75) is 6.42 Å². The summed E-state index contributed by atoms with van der Waals surface area (Å²) >= 11 is 3.48. The molecule has 2 rings (SSSR count). The van der Waals surface area contributed by atoms with Gasteiger partial charge in [-0.3, -0.25) is 14.9 Å². The molecule has 2 aromatic rings. The van der Waals surface area contributed by atoms with Crippen LogP contribution in [0.1, 0.15) is 11.1 Å². The first-order valence-corrected chi connectivity index (χ1v) is 8.19. The number of nitrogens with zero attached hydrogens (tertiary/aromatic N) is 3. The number of amides is 1. The lowest BCUT2D eigenvalue weighted by atomic mass is 10.1. The number of halogens is 1. The van der Waals surface area contributed by atoms with Crippen LogP contribution in [0.4, 0.5) is 11.4 Å². The van der Waals surface area contributed by atoms with E-state index < -0.39 is 10.8 Å². The number of anilines is 1. The first kappa shape index (κ1) is 18.6. The lowest BCUT2D eigenvalue weighted by Crippen LogP contribution is -2.20. The molecule has 0 radical (unpaired) electrons. The van der Waals surface area contributed by atoms with E-state index in [0.29, 0.717) is 5.56 Å². The highest BCUT2D eigenvalue weighted by molar-refractivity contribution is 9.10. The number of carbonyl (C=O) groups excluding carboxylic acids is 1. The Bertz CT molecular complexity index is 821. The molecule has 7 nitrogen and oxygen atoms in total. The molecule has 0 fully saturated rings. The van der Waals surface area contributed by atoms with E-state index in [1.54, 1.807) is 18.2 Å². The predicted octanol–water partition coefficient (Wildman–Crippen LogP) is 3.12. The van der Waals surface area contributed by atoms with Gasteiger partial charge < -0.3 is 4.90 Å². The molecule has 0 aromatic heterocycles. The predicted molar refractivity (Wildman–Crippen MR) is 101 cm³/mol. The minimum atomic E-state index is -0.504. The van der Waals surface area contributed by atoms with E-state index in [-0.39, 0.29) is 12.1 Å².